The van der Waals surface area contributed by atoms with Crippen LogP contribution < -0.4 is 5.32 Å². The Bertz CT molecular complexity index is 148. The molecule has 0 amide bonds. The zero-order valence-electron chi connectivity index (χ0n) is 9.02. The zero-order valence-corrected chi connectivity index (χ0v) is 9.02. The van der Waals surface area contributed by atoms with E-state index in [0.717, 1.165) is 6.54 Å². The molecular weight excluding hydrogens is 148 g/mol. The van der Waals surface area contributed by atoms with Gasteiger partial charge >= 0.3 is 0 Å². The van der Waals surface area contributed by atoms with Gasteiger partial charge in [0.05, 0.1) is 0 Å². The Morgan fingerprint density at radius 1 is 1.25 bits per heavy atom. The molecule has 72 valence electrons. The van der Waals surface area contributed by atoms with Gasteiger partial charge in [0.2, 0.25) is 0 Å². The molecule has 1 heterocycles. The van der Waals surface area contributed by atoms with Crippen molar-refractivity contribution in [2.24, 2.45) is 0 Å². The van der Waals surface area contributed by atoms with E-state index in [1.54, 1.807) is 0 Å². The van der Waals surface area contributed by atoms with Gasteiger partial charge in [0.25, 0.3) is 0 Å². The summed E-state index contributed by atoms with van der Waals surface area (Å²) in [6.45, 7) is 13.7. The maximum atomic E-state index is 3.49. The molecule has 1 fully saturated rings. The number of piperazine rings is 1. The fourth-order valence-corrected chi connectivity index (χ4v) is 1.96. The van der Waals surface area contributed by atoms with Crippen LogP contribution in [0.2, 0.25) is 0 Å². The summed E-state index contributed by atoms with van der Waals surface area (Å²) in [5, 5.41) is 3.49. The van der Waals surface area contributed by atoms with E-state index in [1.807, 2.05) is 0 Å². The summed E-state index contributed by atoms with van der Waals surface area (Å²) in [7, 11) is 0. The molecule has 1 aliphatic rings. The van der Waals surface area contributed by atoms with Gasteiger partial charge < -0.3 is 5.32 Å². The first-order valence-electron chi connectivity index (χ1n) is 4.91. The number of nitrogens with one attached hydrogen (secondary N) is 1. The van der Waals surface area contributed by atoms with Gasteiger partial charge in [0, 0.05) is 30.7 Å². The molecule has 0 radical (unpaired) electrons. The molecule has 2 heteroatoms. The molecule has 0 aromatic carbocycles. The molecule has 0 unspecified atom stereocenters. The molecule has 0 aromatic rings. The Balaban J connectivity index is 2.61. The maximum absolute atomic E-state index is 3.49. The summed E-state index contributed by atoms with van der Waals surface area (Å²) >= 11 is 0. The van der Waals surface area contributed by atoms with Gasteiger partial charge in [0.1, 0.15) is 0 Å². The fourth-order valence-electron chi connectivity index (χ4n) is 1.96. The van der Waals surface area contributed by atoms with E-state index >= 15 is 0 Å². The third-order valence-corrected chi connectivity index (χ3v) is 2.63. The highest BCUT2D eigenvalue weighted by Crippen LogP contribution is 2.19. The Kier molecular flexibility index (Phi) is 2.79. The molecule has 0 saturated carbocycles. The molecule has 2 atom stereocenters. The highest BCUT2D eigenvalue weighted by molar-refractivity contribution is 4.88. The molecular formula is C10H22N2. The second-order valence-electron chi connectivity index (χ2n) is 4.98. The SMILES string of the molecule is C[C@@H]1CN(C(C)(C)C)[C@H](C)CN1. The lowest BCUT2D eigenvalue weighted by molar-refractivity contribution is 0.0533. The minimum Gasteiger partial charge on any atom is -0.311 e. The predicted molar refractivity (Wildman–Crippen MR) is 53.4 cm³/mol. The summed E-state index contributed by atoms with van der Waals surface area (Å²) in [6, 6.07) is 1.31. The lowest BCUT2D eigenvalue weighted by Crippen LogP contribution is -2.60. The van der Waals surface area contributed by atoms with Crippen molar-refractivity contribution < 1.29 is 0 Å². The molecule has 1 saturated heterocycles. The van der Waals surface area contributed by atoms with E-state index < -0.39 is 0 Å². The minimum atomic E-state index is 0.315. The van der Waals surface area contributed by atoms with Crippen LogP contribution in [-0.4, -0.2) is 35.6 Å². The Morgan fingerprint density at radius 3 is 2.25 bits per heavy atom. The average molecular weight is 170 g/mol. The summed E-state index contributed by atoms with van der Waals surface area (Å²) in [4.78, 5) is 2.58. The third kappa shape index (κ3) is 2.20. The standard InChI is InChI=1S/C10H22N2/c1-8-7-12(10(3,4)5)9(2)6-11-8/h8-9,11H,6-7H2,1-5H3/t8-,9-/m1/s1. The number of hydrogen-bond donors (Lipinski definition) is 1. The molecule has 1 aliphatic heterocycles. The van der Waals surface area contributed by atoms with Gasteiger partial charge in [-0.1, -0.05) is 0 Å². The van der Waals surface area contributed by atoms with E-state index in [0.29, 0.717) is 17.6 Å². The van der Waals surface area contributed by atoms with Crippen molar-refractivity contribution in [1.29, 1.82) is 0 Å². The van der Waals surface area contributed by atoms with Gasteiger partial charge in [0.15, 0.2) is 0 Å². The summed E-state index contributed by atoms with van der Waals surface area (Å²) < 4.78 is 0. The summed E-state index contributed by atoms with van der Waals surface area (Å²) in [5.74, 6) is 0. The van der Waals surface area contributed by atoms with Crippen molar-refractivity contribution in [3.63, 3.8) is 0 Å². The molecule has 1 rings (SSSR count). The first-order chi connectivity index (χ1) is 5.41. The average Bonchev–Trinajstić information content (AvgIpc) is 1.92. The molecule has 0 aromatic heterocycles. The lowest BCUT2D eigenvalue weighted by atomic mass is 10.00. The number of rotatable bonds is 0. The fraction of sp³-hybridized carbons (Fsp3) is 1.00. The quantitative estimate of drug-likeness (QED) is 0.592. The predicted octanol–water partition coefficient (Wildman–Crippen LogP) is 1.47. The van der Waals surface area contributed by atoms with Crippen LogP contribution in [0.15, 0.2) is 0 Å². The van der Waals surface area contributed by atoms with E-state index in [1.165, 1.54) is 6.54 Å². The van der Waals surface area contributed by atoms with E-state index in [9.17, 15) is 0 Å². The maximum Gasteiger partial charge on any atom is 0.0198 e. The molecule has 2 nitrogen and oxygen atoms in total. The minimum absolute atomic E-state index is 0.315. The second-order valence-corrected chi connectivity index (χ2v) is 4.98. The number of hydrogen-bond acceptors (Lipinski definition) is 2. The first-order valence-corrected chi connectivity index (χ1v) is 4.91. The van der Waals surface area contributed by atoms with Crippen LogP contribution in [0.4, 0.5) is 0 Å². The van der Waals surface area contributed by atoms with Crippen LogP contribution in [0.5, 0.6) is 0 Å². The van der Waals surface area contributed by atoms with Crippen molar-refractivity contribution in [2.75, 3.05) is 13.1 Å². The monoisotopic (exact) mass is 170 g/mol. The normalized spacial score (nSPS) is 33.8. The van der Waals surface area contributed by atoms with Crippen LogP contribution in [0, 0.1) is 0 Å². The van der Waals surface area contributed by atoms with E-state index in [4.69, 9.17) is 0 Å². The van der Waals surface area contributed by atoms with Crippen molar-refractivity contribution in [3.05, 3.63) is 0 Å². The van der Waals surface area contributed by atoms with Crippen LogP contribution >= 0.6 is 0 Å². The first kappa shape index (κ1) is 10.0. The number of nitrogens with zero attached hydrogens (tertiary/aromatic N) is 1. The molecule has 1 N–H and O–H groups in total. The van der Waals surface area contributed by atoms with Gasteiger partial charge in [-0.25, -0.2) is 0 Å². The largest absolute Gasteiger partial charge is 0.311 e. The molecule has 12 heavy (non-hydrogen) atoms. The second kappa shape index (κ2) is 3.35. The van der Waals surface area contributed by atoms with Crippen molar-refractivity contribution in [1.82, 2.24) is 10.2 Å². The van der Waals surface area contributed by atoms with Crippen molar-refractivity contribution in [3.8, 4) is 0 Å². The van der Waals surface area contributed by atoms with Gasteiger partial charge in [-0.05, 0) is 34.6 Å². The highest BCUT2D eigenvalue weighted by atomic mass is 15.3. The van der Waals surface area contributed by atoms with Crippen molar-refractivity contribution >= 4 is 0 Å². The van der Waals surface area contributed by atoms with Crippen LogP contribution in [0.25, 0.3) is 0 Å². The van der Waals surface area contributed by atoms with Crippen LogP contribution in [-0.2, 0) is 0 Å². The molecule has 0 spiro atoms. The van der Waals surface area contributed by atoms with Gasteiger partial charge in [-0.3, -0.25) is 4.90 Å². The molecule has 0 aliphatic carbocycles. The Labute approximate surface area is 76.3 Å². The highest BCUT2D eigenvalue weighted by Gasteiger charge is 2.30. The molecule has 0 bridgehead atoms. The van der Waals surface area contributed by atoms with Crippen LogP contribution in [0.3, 0.4) is 0 Å². The van der Waals surface area contributed by atoms with Crippen molar-refractivity contribution in [2.45, 2.75) is 52.2 Å². The third-order valence-electron chi connectivity index (χ3n) is 2.63. The van der Waals surface area contributed by atoms with E-state index in [-0.39, 0.29) is 0 Å². The summed E-state index contributed by atoms with van der Waals surface area (Å²) in [5.41, 5.74) is 0.315. The van der Waals surface area contributed by atoms with E-state index in [2.05, 4.69) is 44.8 Å². The summed E-state index contributed by atoms with van der Waals surface area (Å²) in [6.07, 6.45) is 0. The van der Waals surface area contributed by atoms with Crippen LogP contribution in [0.1, 0.15) is 34.6 Å². The van der Waals surface area contributed by atoms with Gasteiger partial charge in [-0.15, -0.1) is 0 Å². The topological polar surface area (TPSA) is 15.3 Å². The van der Waals surface area contributed by atoms with Gasteiger partial charge in [-0.2, -0.15) is 0 Å². The smallest absolute Gasteiger partial charge is 0.0198 e. The zero-order chi connectivity index (χ0) is 9.35. The lowest BCUT2D eigenvalue weighted by Gasteiger charge is -2.45. The Morgan fingerprint density at radius 2 is 1.83 bits per heavy atom. The Hall–Kier alpha value is -0.0800.